The molecule has 0 fully saturated rings. The van der Waals surface area contributed by atoms with E-state index in [1.54, 1.807) is 24.3 Å². The Morgan fingerprint density at radius 3 is 2.67 bits per heavy atom. The number of benzene rings is 1. The summed E-state index contributed by atoms with van der Waals surface area (Å²) in [6, 6.07) is 6.99. The van der Waals surface area contributed by atoms with Gasteiger partial charge in [0.2, 0.25) is 5.92 Å². The Labute approximate surface area is 91.9 Å². The van der Waals surface area contributed by atoms with Gasteiger partial charge in [0.25, 0.3) is 0 Å². The van der Waals surface area contributed by atoms with E-state index in [1.165, 1.54) is 11.8 Å². The molecule has 0 heterocycles. The highest BCUT2D eigenvalue weighted by molar-refractivity contribution is 7.99. The first kappa shape index (κ1) is 12.2. The van der Waals surface area contributed by atoms with Gasteiger partial charge in [-0.15, -0.1) is 11.8 Å². The number of carbonyl (C=O) groups is 1. The fourth-order valence-corrected chi connectivity index (χ4v) is 2.19. The second-order valence-electron chi connectivity index (χ2n) is 3.32. The molecule has 1 aromatic rings. The Morgan fingerprint density at radius 1 is 1.40 bits per heavy atom. The van der Waals surface area contributed by atoms with Gasteiger partial charge in [-0.2, -0.15) is 0 Å². The maximum Gasteiger partial charge on any atom is 0.246 e. The van der Waals surface area contributed by atoms with Crippen LogP contribution in [-0.2, 0) is 0 Å². The Morgan fingerprint density at radius 2 is 2.07 bits per heavy atom. The molecule has 0 bridgehead atoms. The van der Waals surface area contributed by atoms with Crippen LogP contribution in [0.15, 0.2) is 29.2 Å². The van der Waals surface area contributed by atoms with Crippen molar-refractivity contribution in [3.63, 3.8) is 0 Å². The summed E-state index contributed by atoms with van der Waals surface area (Å²) in [6.07, 6.45) is 0.567. The summed E-state index contributed by atoms with van der Waals surface area (Å²) in [4.78, 5) is 11.4. The third-order valence-electron chi connectivity index (χ3n) is 1.84. The van der Waals surface area contributed by atoms with E-state index in [-0.39, 0.29) is 6.42 Å². The molecule has 0 spiro atoms. The van der Waals surface area contributed by atoms with Crippen molar-refractivity contribution in [2.45, 2.75) is 24.2 Å². The van der Waals surface area contributed by atoms with Gasteiger partial charge in [0.05, 0.1) is 0 Å². The lowest BCUT2D eigenvalue weighted by Gasteiger charge is -2.09. The zero-order valence-electron chi connectivity index (χ0n) is 8.37. The highest BCUT2D eigenvalue weighted by Crippen LogP contribution is 2.26. The summed E-state index contributed by atoms with van der Waals surface area (Å²) < 4.78 is 25.0. The van der Waals surface area contributed by atoms with E-state index < -0.39 is 5.92 Å². The summed E-state index contributed by atoms with van der Waals surface area (Å²) in [5.74, 6) is -2.32. The van der Waals surface area contributed by atoms with Gasteiger partial charge < -0.3 is 0 Å². The van der Waals surface area contributed by atoms with E-state index in [1.807, 2.05) is 0 Å². The van der Waals surface area contributed by atoms with E-state index in [0.717, 1.165) is 18.1 Å². The molecule has 82 valence electrons. The molecule has 0 saturated heterocycles. The zero-order chi connectivity index (χ0) is 11.3. The summed E-state index contributed by atoms with van der Waals surface area (Å²) in [6.45, 7) is 0.902. The van der Waals surface area contributed by atoms with Gasteiger partial charge >= 0.3 is 0 Å². The van der Waals surface area contributed by atoms with Crippen molar-refractivity contribution in [1.29, 1.82) is 0 Å². The molecule has 1 rings (SSSR count). The quantitative estimate of drug-likeness (QED) is 0.567. The molecule has 0 aliphatic rings. The second kappa shape index (κ2) is 5.26. The maximum absolute atomic E-state index is 12.5. The lowest BCUT2D eigenvalue weighted by Crippen LogP contribution is -2.10. The van der Waals surface area contributed by atoms with E-state index >= 15 is 0 Å². The Hall–Kier alpha value is -0.900. The molecule has 1 aromatic carbocycles. The SMILES string of the molecule is CC(F)(F)CCSc1ccccc1C=O. The van der Waals surface area contributed by atoms with Crippen LogP contribution < -0.4 is 0 Å². The van der Waals surface area contributed by atoms with Crippen LogP contribution in [0.4, 0.5) is 8.78 Å². The molecule has 0 unspecified atom stereocenters. The minimum atomic E-state index is -2.64. The summed E-state index contributed by atoms with van der Waals surface area (Å²) in [5, 5.41) is 0. The van der Waals surface area contributed by atoms with Crippen molar-refractivity contribution < 1.29 is 13.6 Å². The van der Waals surface area contributed by atoms with Crippen molar-refractivity contribution in [2.75, 3.05) is 5.75 Å². The van der Waals surface area contributed by atoms with Crippen LogP contribution in [0.3, 0.4) is 0 Å². The van der Waals surface area contributed by atoms with Crippen molar-refractivity contribution in [2.24, 2.45) is 0 Å². The van der Waals surface area contributed by atoms with Crippen LogP contribution in [0.1, 0.15) is 23.7 Å². The predicted octanol–water partition coefficient (Wildman–Crippen LogP) is 3.64. The molecule has 0 radical (unpaired) electrons. The van der Waals surface area contributed by atoms with Crippen LogP contribution in [0.5, 0.6) is 0 Å². The number of hydrogen-bond acceptors (Lipinski definition) is 2. The number of rotatable bonds is 5. The maximum atomic E-state index is 12.5. The number of aldehydes is 1. The van der Waals surface area contributed by atoms with Crippen molar-refractivity contribution in [1.82, 2.24) is 0 Å². The predicted molar refractivity (Wildman–Crippen MR) is 57.8 cm³/mol. The third kappa shape index (κ3) is 4.42. The standard InChI is InChI=1S/C11H12F2OS/c1-11(12,13)6-7-15-10-5-3-2-4-9(10)8-14/h2-5,8H,6-7H2,1H3. The summed E-state index contributed by atoms with van der Waals surface area (Å²) in [5.41, 5.74) is 0.557. The average molecular weight is 230 g/mol. The summed E-state index contributed by atoms with van der Waals surface area (Å²) >= 11 is 1.29. The van der Waals surface area contributed by atoms with Gasteiger partial charge in [0.1, 0.15) is 0 Å². The van der Waals surface area contributed by atoms with E-state index in [2.05, 4.69) is 0 Å². The van der Waals surface area contributed by atoms with Crippen LogP contribution in [-0.4, -0.2) is 18.0 Å². The molecule has 0 aliphatic heterocycles. The number of carbonyl (C=O) groups excluding carboxylic acids is 1. The van der Waals surface area contributed by atoms with Crippen LogP contribution in [0.2, 0.25) is 0 Å². The molecular weight excluding hydrogens is 218 g/mol. The van der Waals surface area contributed by atoms with Crippen molar-refractivity contribution in [3.05, 3.63) is 29.8 Å². The fourth-order valence-electron chi connectivity index (χ4n) is 1.05. The number of alkyl halides is 2. The Bertz CT molecular complexity index is 334. The van der Waals surface area contributed by atoms with Gasteiger partial charge in [-0.1, -0.05) is 18.2 Å². The van der Waals surface area contributed by atoms with Crippen molar-refractivity contribution in [3.8, 4) is 0 Å². The van der Waals surface area contributed by atoms with Gasteiger partial charge in [-0.25, -0.2) is 8.78 Å². The normalized spacial score (nSPS) is 11.4. The Kier molecular flexibility index (Phi) is 4.27. The van der Waals surface area contributed by atoms with E-state index in [4.69, 9.17) is 0 Å². The topological polar surface area (TPSA) is 17.1 Å². The highest BCUT2D eigenvalue weighted by atomic mass is 32.2. The molecule has 4 heteroatoms. The van der Waals surface area contributed by atoms with E-state index in [9.17, 15) is 13.6 Å². The van der Waals surface area contributed by atoms with E-state index in [0.29, 0.717) is 11.3 Å². The van der Waals surface area contributed by atoms with Crippen LogP contribution in [0, 0.1) is 0 Å². The number of thioether (sulfide) groups is 1. The van der Waals surface area contributed by atoms with Gasteiger partial charge in [-0.3, -0.25) is 4.79 Å². The molecule has 15 heavy (non-hydrogen) atoms. The van der Waals surface area contributed by atoms with Gasteiger partial charge in [0, 0.05) is 22.6 Å². The average Bonchev–Trinajstić information content (AvgIpc) is 2.16. The lowest BCUT2D eigenvalue weighted by molar-refractivity contribution is 0.0194. The smallest absolute Gasteiger partial charge is 0.246 e. The molecule has 1 nitrogen and oxygen atoms in total. The fraction of sp³-hybridized carbons (Fsp3) is 0.364. The molecule has 0 amide bonds. The van der Waals surface area contributed by atoms with Crippen LogP contribution in [0.25, 0.3) is 0 Å². The number of hydrogen-bond donors (Lipinski definition) is 0. The first-order valence-corrected chi connectivity index (χ1v) is 5.56. The molecule has 0 N–H and O–H groups in total. The molecule has 0 saturated carbocycles. The highest BCUT2D eigenvalue weighted by Gasteiger charge is 2.20. The minimum absolute atomic E-state index is 0.176. The van der Waals surface area contributed by atoms with Crippen molar-refractivity contribution >= 4 is 18.0 Å². The first-order chi connectivity index (χ1) is 7.03. The Balaban J connectivity index is 2.54. The largest absolute Gasteiger partial charge is 0.298 e. The zero-order valence-corrected chi connectivity index (χ0v) is 9.19. The molecule has 0 atom stereocenters. The van der Waals surface area contributed by atoms with Gasteiger partial charge in [0.15, 0.2) is 6.29 Å². The third-order valence-corrected chi connectivity index (χ3v) is 2.94. The molecular formula is C11H12F2OS. The van der Waals surface area contributed by atoms with Crippen LogP contribution >= 0.6 is 11.8 Å². The number of halogens is 2. The first-order valence-electron chi connectivity index (χ1n) is 4.58. The summed E-state index contributed by atoms with van der Waals surface area (Å²) in [7, 11) is 0. The molecule has 0 aromatic heterocycles. The minimum Gasteiger partial charge on any atom is -0.298 e. The van der Waals surface area contributed by atoms with Gasteiger partial charge in [-0.05, 0) is 13.0 Å². The molecule has 0 aliphatic carbocycles. The lowest BCUT2D eigenvalue weighted by atomic mass is 10.2. The monoisotopic (exact) mass is 230 g/mol. The second-order valence-corrected chi connectivity index (χ2v) is 4.46.